The standard InChI is InChI=1S/C25H18Cl2F2N6O3S/c1-11-3-13(14-5-20(27)31-8-18(14)38-2)16(7-30-11)23(36)34-25-33-17-9-35(10-19(17)39-25)24(37)21-15(22(28)29)4-12(26)6-32-21/h3-8,22H,9-10H2,1-2H3,(H,33,34,36). The number of anilines is 1. The zero-order valence-corrected chi connectivity index (χ0v) is 22.7. The lowest BCUT2D eigenvalue weighted by molar-refractivity contribution is 0.0731. The van der Waals surface area contributed by atoms with Crippen LogP contribution in [0, 0.1) is 6.92 Å². The zero-order chi connectivity index (χ0) is 27.8. The lowest BCUT2D eigenvalue weighted by atomic mass is 10.0. The maximum atomic E-state index is 13.5. The molecule has 0 fully saturated rings. The molecule has 0 aliphatic carbocycles. The van der Waals surface area contributed by atoms with Crippen molar-refractivity contribution in [1.29, 1.82) is 0 Å². The molecule has 4 aromatic heterocycles. The van der Waals surface area contributed by atoms with Gasteiger partial charge in [0, 0.05) is 29.2 Å². The molecule has 0 radical (unpaired) electrons. The van der Waals surface area contributed by atoms with Gasteiger partial charge in [-0.2, -0.15) is 0 Å². The molecule has 0 unspecified atom stereocenters. The van der Waals surface area contributed by atoms with Gasteiger partial charge >= 0.3 is 0 Å². The Balaban J connectivity index is 1.36. The van der Waals surface area contributed by atoms with Crippen LogP contribution in [0.4, 0.5) is 13.9 Å². The number of nitrogens with one attached hydrogen (secondary N) is 1. The number of hydrogen-bond acceptors (Lipinski definition) is 8. The first-order valence-corrected chi connectivity index (χ1v) is 12.9. The highest BCUT2D eigenvalue weighted by molar-refractivity contribution is 7.16. The van der Waals surface area contributed by atoms with Gasteiger partial charge in [0.2, 0.25) is 0 Å². The average Bonchev–Trinajstić information content (AvgIpc) is 3.47. The third-order valence-electron chi connectivity index (χ3n) is 5.91. The van der Waals surface area contributed by atoms with Gasteiger partial charge in [0.1, 0.15) is 16.6 Å². The number of pyridine rings is 3. The summed E-state index contributed by atoms with van der Waals surface area (Å²) >= 11 is 13.1. The van der Waals surface area contributed by atoms with E-state index >= 15 is 0 Å². The fourth-order valence-corrected chi connectivity index (χ4v) is 5.41. The predicted octanol–water partition coefficient (Wildman–Crippen LogP) is 5.96. The summed E-state index contributed by atoms with van der Waals surface area (Å²) in [6, 6.07) is 4.38. The molecule has 0 saturated carbocycles. The fourth-order valence-electron chi connectivity index (χ4n) is 4.11. The average molecular weight is 591 g/mol. The number of fused-ring (bicyclic) bond motifs is 1. The van der Waals surface area contributed by atoms with Gasteiger partial charge in [-0.3, -0.25) is 19.9 Å². The van der Waals surface area contributed by atoms with Gasteiger partial charge < -0.3 is 9.64 Å². The Bertz CT molecular complexity index is 1590. The molecule has 1 N–H and O–H groups in total. The molecule has 9 nitrogen and oxygen atoms in total. The number of halogens is 4. The summed E-state index contributed by atoms with van der Waals surface area (Å²) in [5, 5.41) is 3.35. The highest BCUT2D eigenvalue weighted by Gasteiger charge is 2.32. The maximum Gasteiger partial charge on any atom is 0.273 e. The third kappa shape index (κ3) is 5.40. The van der Waals surface area contributed by atoms with Crippen molar-refractivity contribution < 1.29 is 23.1 Å². The van der Waals surface area contributed by atoms with Gasteiger partial charge in [-0.15, -0.1) is 0 Å². The van der Waals surface area contributed by atoms with E-state index in [0.717, 1.165) is 17.1 Å². The molecule has 5 heterocycles. The highest BCUT2D eigenvalue weighted by atomic mass is 35.5. The molecule has 14 heteroatoms. The quantitative estimate of drug-likeness (QED) is 0.276. The number of rotatable bonds is 6. The molecule has 0 atom stereocenters. The van der Waals surface area contributed by atoms with Crippen LogP contribution in [0.3, 0.4) is 0 Å². The first-order chi connectivity index (χ1) is 18.6. The summed E-state index contributed by atoms with van der Waals surface area (Å²) in [6.45, 7) is 2.01. The van der Waals surface area contributed by atoms with Crippen molar-refractivity contribution in [2.75, 3.05) is 12.4 Å². The molecule has 5 rings (SSSR count). The van der Waals surface area contributed by atoms with Gasteiger partial charge in [-0.05, 0) is 25.1 Å². The molecule has 1 aliphatic heterocycles. The Labute approximate surface area is 234 Å². The Morgan fingerprint density at radius 2 is 1.87 bits per heavy atom. The molecule has 39 heavy (non-hydrogen) atoms. The smallest absolute Gasteiger partial charge is 0.273 e. The molecule has 4 aromatic rings. The van der Waals surface area contributed by atoms with E-state index in [9.17, 15) is 18.4 Å². The second kappa shape index (κ2) is 10.8. The first-order valence-electron chi connectivity index (χ1n) is 11.3. The first kappa shape index (κ1) is 26.9. The Hall–Kier alpha value is -3.74. The lowest BCUT2D eigenvalue weighted by Gasteiger charge is -2.17. The number of alkyl halides is 2. The summed E-state index contributed by atoms with van der Waals surface area (Å²) in [4.78, 5) is 44.9. The van der Waals surface area contributed by atoms with E-state index in [2.05, 4.69) is 25.3 Å². The number of carbonyl (C=O) groups excluding carboxylic acids is 2. The van der Waals surface area contributed by atoms with E-state index in [0.29, 0.717) is 33.4 Å². The maximum absolute atomic E-state index is 13.5. The molecular formula is C25H18Cl2F2N6O3S. The van der Waals surface area contributed by atoms with E-state index in [1.54, 1.807) is 19.1 Å². The van der Waals surface area contributed by atoms with Crippen LogP contribution in [0.5, 0.6) is 5.75 Å². The number of aryl methyl sites for hydroxylation is 1. The van der Waals surface area contributed by atoms with Crippen LogP contribution in [0.15, 0.2) is 36.8 Å². The number of methoxy groups -OCH3 is 1. The Morgan fingerprint density at radius 3 is 2.59 bits per heavy atom. The number of nitrogens with zero attached hydrogens (tertiary/aromatic N) is 5. The van der Waals surface area contributed by atoms with E-state index in [1.165, 1.54) is 35.7 Å². The summed E-state index contributed by atoms with van der Waals surface area (Å²) in [6.07, 6.45) is 1.17. The van der Waals surface area contributed by atoms with Crippen molar-refractivity contribution in [3.63, 3.8) is 0 Å². The van der Waals surface area contributed by atoms with Gasteiger partial charge in [0.05, 0.1) is 53.1 Å². The largest absolute Gasteiger partial charge is 0.494 e. The second-order valence-corrected chi connectivity index (χ2v) is 10.4. The summed E-state index contributed by atoms with van der Waals surface area (Å²) in [7, 11) is 1.49. The van der Waals surface area contributed by atoms with Gasteiger partial charge in [-0.25, -0.2) is 23.7 Å². The van der Waals surface area contributed by atoms with Crippen molar-refractivity contribution in [3.05, 3.63) is 80.1 Å². The van der Waals surface area contributed by atoms with Gasteiger partial charge in [0.25, 0.3) is 18.2 Å². The molecule has 200 valence electrons. The minimum Gasteiger partial charge on any atom is -0.494 e. The van der Waals surface area contributed by atoms with Crippen molar-refractivity contribution >= 4 is 51.5 Å². The van der Waals surface area contributed by atoms with E-state index < -0.39 is 23.8 Å². The van der Waals surface area contributed by atoms with Crippen LogP contribution in [0.25, 0.3) is 11.1 Å². The minimum atomic E-state index is -2.91. The summed E-state index contributed by atoms with van der Waals surface area (Å²) < 4.78 is 32.3. The number of thiazole rings is 1. The van der Waals surface area contributed by atoms with Gasteiger partial charge in [0.15, 0.2) is 5.13 Å². The minimum absolute atomic E-state index is 0.0156. The lowest BCUT2D eigenvalue weighted by Crippen LogP contribution is -2.27. The van der Waals surface area contributed by atoms with E-state index in [4.69, 9.17) is 27.9 Å². The SMILES string of the molecule is COc1cnc(Cl)cc1-c1cc(C)ncc1C(=O)Nc1nc2c(s1)CN(C(=O)c1ncc(Cl)cc1C(F)F)C2. The van der Waals surface area contributed by atoms with Crippen LogP contribution in [-0.4, -0.2) is 43.8 Å². The topological polar surface area (TPSA) is 110 Å². The van der Waals surface area contributed by atoms with Crippen LogP contribution in [-0.2, 0) is 13.1 Å². The fraction of sp³-hybridized carbons (Fsp3) is 0.200. The number of hydrogen-bond donors (Lipinski definition) is 1. The molecule has 2 amide bonds. The number of amides is 2. The molecule has 0 saturated heterocycles. The Morgan fingerprint density at radius 1 is 1.08 bits per heavy atom. The third-order valence-corrected chi connectivity index (χ3v) is 7.32. The molecule has 0 bridgehead atoms. The van der Waals surface area contributed by atoms with E-state index in [-0.39, 0.29) is 34.5 Å². The molecular weight excluding hydrogens is 573 g/mol. The molecule has 1 aliphatic rings. The van der Waals surface area contributed by atoms with E-state index in [1.807, 2.05) is 0 Å². The summed E-state index contributed by atoms with van der Waals surface area (Å²) in [5.74, 6) is -0.680. The van der Waals surface area contributed by atoms with Crippen molar-refractivity contribution in [2.24, 2.45) is 0 Å². The van der Waals surface area contributed by atoms with Crippen LogP contribution >= 0.6 is 34.5 Å². The van der Waals surface area contributed by atoms with Crippen molar-refractivity contribution in [2.45, 2.75) is 26.4 Å². The predicted molar refractivity (Wildman–Crippen MR) is 142 cm³/mol. The monoisotopic (exact) mass is 590 g/mol. The number of carbonyl (C=O) groups is 2. The van der Waals surface area contributed by atoms with Crippen molar-refractivity contribution in [3.8, 4) is 16.9 Å². The van der Waals surface area contributed by atoms with Gasteiger partial charge in [-0.1, -0.05) is 34.5 Å². The number of aromatic nitrogens is 4. The zero-order valence-electron chi connectivity index (χ0n) is 20.3. The van der Waals surface area contributed by atoms with Crippen LogP contribution < -0.4 is 10.1 Å². The Kier molecular flexibility index (Phi) is 7.43. The second-order valence-electron chi connectivity index (χ2n) is 8.47. The molecule has 0 aromatic carbocycles. The molecule has 0 spiro atoms. The summed E-state index contributed by atoms with van der Waals surface area (Å²) in [5.41, 5.74) is 1.74. The van der Waals surface area contributed by atoms with Crippen LogP contribution in [0.2, 0.25) is 10.2 Å². The highest BCUT2D eigenvalue weighted by Crippen LogP contribution is 2.36. The normalized spacial score (nSPS) is 12.5. The van der Waals surface area contributed by atoms with Crippen LogP contribution in [0.1, 0.15) is 49.1 Å². The number of ether oxygens (including phenoxy) is 1. The van der Waals surface area contributed by atoms with Crippen molar-refractivity contribution in [1.82, 2.24) is 24.8 Å².